The number of fused-ring (bicyclic) bond motifs is 1. The lowest BCUT2D eigenvalue weighted by Gasteiger charge is -2.05. The molecule has 0 bridgehead atoms. The van der Waals surface area contributed by atoms with E-state index in [4.69, 9.17) is 0 Å². The van der Waals surface area contributed by atoms with E-state index in [9.17, 15) is 0 Å². The SMILES string of the molecule is c1ccc(-n2ncc3c(NCc4ccn[nH]4)ncnc32)cc1. The summed E-state index contributed by atoms with van der Waals surface area (Å²) in [5, 5.41) is 15.4. The molecule has 1 aromatic carbocycles. The van der Waals surface area contributed by atoms with E-state index in [1.165, 1.54) is 0 Å². The zero-order valence-corrected chi connectivity index (χ0v) is 11.6. The van der Waals surface area contributed by atoms with Crippen LogP contribution < -0.4 is 5.32 Å². The Morgan fingerprint density at radius 2 is 2.00 bits per heavy atom. The fraction of sp³-hybridized carbons (Fsp3) is 0.0667. The number of rotatable bonds is 4. The average molecular weight is 291 g/mol. The largest absolute Gasteiger partial charge is 0.364 e. The van der Waals surface area contributed by atoms with Gasteiger partial charge in [-0.3, -0.25) is 5.10 Å². The van der Waals surface area contributed by atoms with Crippen molar-refractivity contribution in [1.82, 2.24) is 29.9 Å². The normalized spacial score (nSPS) is 10.9. The van der Waals surface area contributed by atoms with Crippen molar-refractivity contribution in [3.05, 3.63) is 60.8 Å². The van der Waals surface area contributed by atoms with Gasteiger partial charge in [-0.05, 0) is 18.2 Å². The van der Waals surface area contributed by atoms with Crippen molar-refractivity contribution in [2.24, 2.45) is 0 Å². The molecule has 0 spiro atoms. The average Bonchev–Trinajstić information content (AvgIpc) is 3.23. The lowest BCUT2D eigenvalue weighted by atomic mass is 10.3. The summed E-state index contributed by atoms with van der Waals surface area (Å²) in [7, 11) is 0. The van der Waals surface area contributed by atoms with E-state index in [0.717, 1.165) is 28.2 Å². The van der Waals surface area contributed by atoms with Crippen molar-refractivity contribution in [3.63, 3.8) is 0 Å². The minimum atomic E-state index is 0.614. The summed E-state index contributed by atoms with van der Waals surface area (Å²) >= 11 is 0. The predicted molar refractivity (Wildman–Crippen MR) is 82.6 cm³/mol. The van der Waals surface area contributed by atoms with E-state index in [2.05, 4.69) is 30.6 Å². The van der Waals surface area contributed by atoms with Crippen LogP contribution in [-0.2, 0) is 6.54 Å². The molecule has 0 fully saturated rings. The maximum atomic E-state index is 4.43. The number of H-pyrrole nitrogens is 1. The second-order valence-corrected chi connectivity index (χ2v) is 4.79. The third-order valence-corrected chi connectivity index (χ3v) is 3.37. The monoisotopic (exact) mass is 291 g/mol. The van der Waals surface area contributed by atoms with Gasteiger partial charge in [0.15, 0.2) is 5.65 Å². The first-order valence-electron chi connectivity index (χ1n) is 6.88. The van der Waals surface area contributed by atoms with Gasteiger partial charge in [0.1, 0.15) is 12.1 Å². The van der Waals surface area contributed by atoms with Gasteiger partial charge in [0, 0.05) is 6.20 Å². The number of nitrogens with zero attached hydrogens (tertiary/aromatic N) is 5. The maximum Gasteiger partial charge on any atom is 0.168 e. The zero-order valence-electron chi connectivity index (χ0n) is 11.6. The van der Waals surface area contributed by atoms with Gasteiger partial charge in [-0.25, -0.2) is 14.6 Å². The van der Waals surface area contributed by atoms with E-state index in [0.29, 0.717) is 6.54 Å². The number of anilines is 1. The van der Waals surface area contributed by atoms with E-state index < -0.39 is 0 Å². The molecule has 0 aliphatic heterocycles. The van der Waals surface area contributed by atoms with Crippen LogP contribution in [0.2, 0.25) is 0 Å². The topological polar surface area (TPSA) is 84.3 Å². The van der Waals surface area contributed by atoms with Crippen LogP contribution in [0.5, 0.6) is 0 Å². The molecule has 2 N–H and O–H groups in total. The van der Waals surface area contributed by atoms with Crippen LogP contribution >= 0.6 is 0 Å². The Labute approximate surface area is 126 Å². The Hall–Kier alpha value is -3.22. The molecule has 4 rings (SSSR count). The first-order chi connectivity index (χ1) is 10.9. The molecular formula is C15H13N7. The van der Waals surface area contributed by atoms with Gasteiger partial charge in [0.25, 0.3) is 0 Å². The first-order valence-corrected chi connectivity index (χ1v) is 6.88. The number of benzene rings is 1. The highest BCUT2D eigenvalue weighted by Gasteiger charge is 2.10. The Kier molecular flexibility index (Phi) is 3.01. The van der Waals surface area contributed by atoms with Crippen molar-refractivity contribution < 1.29 is 0 Å². The zero-order chi connectivity index (χ0) is 14.8. The molecule has 0 saturated carbocycles. The minimum Gasteiger partial charge on any atom is -0.364 e. The summed E-state index contributed by atoms with van der Waals surface area (Å²) in [5.74, 6) is 0.752. The van der Waals surface area contributed by atoms with Gasteiger partial charge in [-0.1, -0.05) is 18.2 Å². The first kappa shape index (κ1) is 12.5. The fourth-order valence-corrected chi connectivity index (χ4v) is 2.31. The Morgan fingerprint density at radius 3 is 2.82 bits per heavy atom. The molecule has 0 aliphatic carbocycles. The Morgan fingerprint density at radius 1 is 1.09 bits per heavy atom. The number of hydrogen-bond acceptors (Lipinski definition) is 5. The lowest BCUT2D eigenvalue weighted by molar-refractivity contribution is 0.895. The molecule has 0 amide bonds. The number of para-hydroxylation sites is 1. The predicted octanol–water partition coefficient (Wildman–Crippen LogP) is 2.15. The molecule has 0 atom stereocenters. The molecule has 0 unspecified atom stereocenters. The Balaban J connectivity index is 1.71. The molecule has 3 heterocycles. The molecule has 4 aromatic rings. The molecule has 7 heteroatoms. The molecule has 108 valence electrons. The number of nitrogens with one attached hydrogen (secondary N) is 2. The van der Waals surface area contributed by atoms with Crippen LogP contribution in [0, 0.1) is 0 Å². The molecule has 22 heavy (non-hydrogen) atoms. The molecule has 0 radical (unpaired) electrons. The standard InChI is InChI=1S/C15H13N7/c1-2-4-12(5-3-1)22-15-13(9-20-22)14(17-10-18-15)16-8-11-6-7-19-21-11/h1-7,9-10H,8H2,(H,19,21)(H,16,17,18). The van der Waals surface area contributed by atoms with Gasteiger partial charge in [0.05, 0.1) is 29.5 Å². The molecular weight excluding hydrogens is 278 g/mol. The highest BCUT2D eigenvalue weighted by Crippen LogP contribution is 2.21. The number of aromatic amines is 1. The summed E-state index contributed by atoms with van der Waals surface area (Å²) in [6.07, 6.45) is 5.04. The van der Waals surface area contributed by atoms with E-state index >= 15 is 0 Å². The number of hydrogen-bond donors (Lipinski definition) is 2. The third kappa shape index (κ3) is 2.18. The smallest absolute Gasteiger partial charge is 0.168 e. The third-order valence-electron chi connectivity index (χ3n) is 3.37. The van der Waals surface area contributed by atoms with Gasteiger partial charge < -0.3 is 5.32 Å². The second kappa shape index (κ2) is 5.28. The summed E-state index contributed by atoms with van der Waals surface area (Å²) in [6, 6.07) is 11.8. The molecule has 0 saturated heterocycles. The summed E-state index contributed by atoms with van der Waals surface area (Å²) < 4.78 is 1.80. The maximum absolute atomic E-state index is 4.43. The molecule has 3 aromatic heterocycles. The van der Waals surface area contributed by atoms with E-state index in [1.54, 1.807) is 23.4 Å². The highest BCUT2D eigenvalue weighted by atomic mass is 15.3. The number of aromatic nitrogens is 6. The van der Waals surface area contributed by atoms with Crippen molar-refractivity contribution in [3.8, 4) is 5.69 Å². The van der Waals surface area contributed by atoms with Crippen molar-refractivity contribution >= 4 is 16.9 Å². The van der Waals surface area contributed by atoms with Crippen LogP contribution in [0.3, 0.4) is 0 Å². The van der Waals surface area contributed by atoms with Gasteiger partial charge in [-0.2, -0.15) is 10.2 Å². The van der Waals surface area contributed by atoms with Crippen molar-refractivity contribution in [2.75, 3.05) is 5.32 Å². The van der Waals surface area contributed by atoms with Crippen LogP contribution in [-0.4, -0.2) is 29.9 Å². The minimum absolute atomic E-state index is 0.614. The highest BCUT2D eigenvalue weighted by molar-refractivity contribution is 5.87. The van der Waals surface area contributed by atoms with Gasteiger partial charge in [-0.15, -0.1) is 0 Å². The van der Waals surface area contributed by atoms with Crippen LogP contribution in [0.15, 0.2) is 55.1 Å². The fourth-order valence-electron chi connectivity index (χ4n) is 2.31. The quantitative estimate of drug-likeness (QED) is 0.602. The lowest BCUT2D eigenvalue weighted by Crippen LogP contribution is -2.03. The molecule has 0 aliphatic rings. The second-order valence-electron chi connectivity index (χ2n) is 4.79. The van der Waals surface area contributed by atoms with E-state index in [-0.39, 0.29) is 0 Å². The van der Waals surface area contributed by atoms with Crippen LogP contribution in [0.25, 0.3) is 16.7 Å². The summed E-state index contributed by atoms with van der Waals surface area (Å²) in [5.41, 5.74) is 2.73. The van der Waals surface area contributed by atoms with Gasteiger partial charge in [0.2, 0.25) is 0 Å². The van der Waals surface area contributed by atoms with Crippen molar-refractivity contribution in [1.29, 1.82) is 0 Å². The summed E-state index contributed by atoms with van der Waals surface area (Å²) in [4.78, 5) is 8.66. The Bertz CT molecular complexity index is 881. The summed E-state index contributed by atoms with van der Waals surface area (Å²) in [6.45, 7) is 0.614. The van der Waals surface area contributed by atoms with Crippen LogP contribution in [0.4, 0.5) is 5.82 Å². The van der Waals surface area contributed by atoms with Gasteiger partial charge >= 0.3 is 0 Å². The van der Waals surface area contributed by atoms with Crippen LogP contribution in [0.1, 0.15) is 5.69 Å². The van der Waals surface area contributed by atoms with E-state index in [1.807, 2.05) is 36.4 Å². The molecule has 7 nitrogen and oxygen atoms in total. The van der Waals surface area contributed by atoms with Crippen molar-refractivity contribution in [2.45, 2.75) is 6.54 Å².